The summed E-state index contributed by atoms with van der Waals surface area (Å²) in [5.41, 5.74) is 9.28. The summed E-state index contributed by atoms with van der Waals surface area (Å²) in [5.74, 6) is -0.250. The van der Waals surface area contributed by atoms with E-state index in [2.05, 4.69) is 36.8 Å². The summed E-state index contributed by atoms with van der Waals surface area (Å²) in [6.07, 6.45) is 0. The fourth-order valence-electron chi connectivity index (χ4n) is 1.58. The van der Waals surface area contributed by atoms with Crippen molar-refractivity contribution in [2.75, 3.05) is 5.73 Å². The summed E-state index contributed by atoms with van der Waals surface area (Å²) in [6, 6.07) is 6.31. The largest absolute Gasteiger partial charge is 0.392 e. The first-order valence-electron chi connectivity index (χ1n) is 4.93. The van der Waals surface area contributed by atoms with Crippen LogP contribution in [0.3, 0.4) is 0 Å². The van der Waals surface area contributed by atoms with Crippen molar-refractivity contribution in [1.82, 2.24) is 0 Å². The Morgan fingerprint density at radius 3 is 2.35 bits per heavy atom. The van der Waals surface area contributed by atoms with E-state index < -0.39 is 0 Å². The van der Waals surface area contributed by atoms with E-state index in [-0.39, 0.29) is 5.82 Å². The number of hydrogen-bond donors (Lipinski definition) is 1. The lowest BCUT2D eigenvalue weighted by molar-refractivity contribution is -0.378. The Labute approximate surface area is 115 Å². The van der Waals surface area contributed by atoms with Gasteiger partial charge in [0.25, 0.3) is 4.60 Å². The van der Waals surface area contributed by atoms with Crippen LogP contribution in [0.5, 0.6) is 0 Å². The van der Waals surface area contributed by atoms with E-state index in [9.17, 15) is 4.39 Å². The molecular formula is C12H10Br2FN2+. The zero-order valence-corrected chi connectivity index (χ0v) is 12.2. The maximum atomic E-state index is 12.9. The molecule has 1 aromatic carbocycles. The summed E-state index contributed by atoms with van der Waals surface area (Å²) < 4.78 is 14.4. The Balaban J connectivity index is 2.64. The summed E-state index contributed by atoms with van der Waals surface area (Å²) in [5, 5.41) is 0. The summed E-state index contributed by atoms with van der Waals surface area (Å²) in [7, 11) is 0. The minimum Gasteiger partial charge on any atom is -0.392 e. The Kier molecular flexibility index (Phi) is 3.49. The van der Waals surface area contributed by atoms with Crippen LogP contribution in [0.1, 0.15) is 5.56 Å². The zero-order valence-electron chi connectivity index (χ0n) is 9.02. The molecule has 0 saturated heterocycles. The van der Waals surface area contributed by atoms with Gasteiger partial charge in [-0.15, -0.1) is 0 Å². The fourth-order valence-corrected chi connectivity index (χ4v) is 2.64. The van der Waals surface area contributed by atoms with Gasteiger partial charge in [-0.3, -0.25) is 0 Å². The normalized spacial score (nSPS) is 10.6. The number of hydrogen-bond acceptors (Lipinski definition) is 1. The third-order valence-corrected chi connectivity index (χ3v) is 4.19. The topological polar surface area (TPSA) is 40.2 Å². The number of H-pyrrole nitrogens is 1. The molecule has 1 heterocycles. The average Bonchev–Trinajstić information content (AvgIpc) is 2.32. The number of nitrogens with two attached hydrogens (primary N) is 1. The SMILES string of the molecule is Cc1c(-c2ccc(F)cc2)[nH+]c(Br)c(N)c1Br. The number of benzene rings is 1. The molecule has 17 heavy (non-hydrogen) atoms. The predicted octanol–water partition coefficient (Wildman–Crippen LogP) is 3.72. The van der Waals surface area contributed by atoms with E-state index in [1.807, 2.05) is 6.92 Å². The van der Waals surface area contributed by atoms with Crippen LogP contribution >= 0.6 is 31.9 Å². The number of aromatic nitrogens is 1. The Morgan fingerprint density at radius 2 is 1.76 bits per heavy atom. The number of halogens is 3. The van der Waals surface area contributed by atoms with Crippen LogP contribution in [0.15, 0.2) is 33.3 Å². The zero-order chi connectivity index (χ0) is 12.6. The van der Waals surface area contributed by atoms with E-state index >= 15 is 0 Å². The molecule has 0 amide bonds. The second kappa shape index (κ2) is 4.74. The van der Waals surface area contributed by atoms with Gasteiger partial charge in [-0.05, 0) is 47.1 Å². The van der Waals surface area contributed by atoms with Gasteiger partial charge in [0.15, 0.2) is 0 Å². The van der Waals surface area contributed by atoms with E-state index in [1.165, 1.54) is 12.1 Å². The van der Waals surface area contributed by atoms with Gasteiger partial charge < -0.3 is 5.73 Å². The van der Waals surface area contributed by atoms with Gasteiger partial charge in [0.1, 0.15) is 11.5 Å². The van der Waals surface area contributed by atoms with Crippen molar-refractivity contribution in [3.8, 4) is 11.3 Å². The van der Waals surface area contributed by atoms with Crippen LogP contribution < -0.4 is 10.7 Å². The minimum absolute atomic E-state index is 0.250. The molecule has 0 saturated carbocycles. The van der Waals surface area contributed by atoms with E-state index in [0.29, 0.717) is 10.3 Å². The van der Waals surface area contributed by atoms with Crippen LogP contribution in [-0.4, -0.2) is 0 Å². The molecule has 0 bridgehead atoms. The number of nitrogens with one attached hydrogen (secondary N) is 1. The molecule has 2 nitrogen and oxygen atoms in total. The van der Waals surface area contributed by atoms with Crippen LogP contribution in [0.2, 0.25) is 0 Å². The van der Waals surface area contributed by atoms with Gasteiger partial charge in [-0.1, -0.05) is 0 Å². The van der Waals surface area contributed by atoms with Gasteiger partial charge >= 0.3 is 0 Å². The maximum Gasteiger partial charge on any atom is 0.271 e. The molecule has 0 fully saturated rings. The average molecular weight is 361 g/mol. The quantitative estimate of drug-likeness (QED) is 0.773. The van der Waals surface area contributed by atoms with Crippen molar-refractivity contribution in [3.63, 3.8) is 0 Å². The van der Waals surface area contributed by atoms with E-state index in [1.54, 1.807) is 12.1 Å². The second-order valence-corrected chi connectivity index (χ2v) is 5.26. The number of pyridine rings is 1. The monoisotopic (exact) mass is 359 g/mol. The highest BCUT2D eigenvalue weighted by molar-refractivity contribution is 9.11. The van der Waals surface area contributed by atoms with Crippen molar-refractivity contribution >= 4 is 37.5 Å². The molecule has 0 spiro atoms. The lowest BCUT2D eigenvalue weighted by Gasteiger charge is -2.05. The summed E-state index contributed by atoms with van der Waals surface area (Å²) in [4.78, 5) is 3.16. The smallest absolute Gasteiger partial charge is 0.271 e. The van der Waals surface area contributed by atoms with Crippen LogP contribution in [0.25, 0.3) is 11.3 Å². The molecule has 88 valence electrons. The molecule has 0 aliphatic carbocycles. The number of aromatic amines is 1. The Bertz CT molecular complexity index is 568. The molecule has 3 N–H and O–H groups in total. The van der Waals surface area contributed by atoms with Crippen LogP contribution in [-0.2, 0) is 0 Å². The highest BCUT2D eigenvalue weighted by atomic mass is 79.9. The van der Waals surface area contributed by atoms with Crippen molar-refractivity contribution < 1.29 is 9.37 Å². The standard InChI is InChI=1S/C12H9Br2FN2/c1-6-9(13)10(16)12(14)17-11(6)7-2-4-8(15)5-3-7/h2-5H,16H2,1H3/p+1. The molecule has 5 heteroatoms. The van der Waals surface area contributed by atoms with Gasteiger partial charge in [0.2, 0.25) is 5.69 Å². The van der Waals surface area contributed by atoms with Gasteiger partial charge in [0, 0.05) is 27.1 Å². The third-order valence-electron chi connectivity index (χ3n) is 2.54. The summed E-state index contributed by atoms with van der Waals surface area (Å²) >= 11 is 6.80. The van der Waals surface area contributed by atoms with Crippen LogP contribution in [0, 0.1) is 12.7 Å². The molecule has 0 aliphatic rings. The molecule has 2 rings (SSSR count). The van der Waals surface area contributed by atoms with Gasteiger partial charge in [-0.25, -0.2) is 4.39 Å². The number of anilines is 1. The van der Waals surface area contributed by atoms with E-state index in [4.69, 9.17) is 5.73 Å². The highest BCUT2D eigenvalue weighted by Crippen LogP contribution is 2.32. The second-order valence-electron chi connectivity index (χ2n) is 3.67. The molecular weight excluding hydrogens is 351 g/mol. The molecule has 2 aromatic rings. The summed E-state index contributed by atoms with van der Waals surface area (Å²) in [6.45, 7) is 1.95. The number of nitrogen functional groups attached to an aromatic ring is 1. The lowest BCUT2D eigenvalue weighted by Crippen LogP contribution is -2.14. The molecule has 0 radical (unpaired) electrons. The number of rotatable bonds is 1. The first kappa shape index (κ1) is 12.5. The first-order valence-corrected chi connectivity index (χ1v) is 6.51. The maximum absolute atomic E-state index is 12.9. The van der Waals surface area contributed by atoms with Gasteiger partial charge in [-0.2, -0.15) is 4.98 Å². The molecule has 0 atom stereocenters. The Morgan fingerprint density at radius 1 is 1.18 bits per heavy atom. The molecule has 1 aromatic heterocycles. The van der Waals surface area contributed by atoms with Crippen molar-refractivity contribution in [2.45, 2.75) is 6.92 Å². The van der Waals surface area contributed by atoms with Crippen molar-refractivity contribution in [3.05, 3.63) is 44.7 Å². The third kappa shape index (κ3) is 2.35. The highest BCUT2D eigenvalue weighted by Gasteiger charge is 2.19. The fraction of sp³-hybridized carbons (Fsp3) is 0.0833. The van der Waals surface area contributed by atoms with Crippen LogP contribution in [0.4, 0.5) is 10.1 Å². The van der Waals surface area contributed by atoms with Crippen molar-refractivity contribution in [1.29, 1.82) is 0 Å². The lowest BCUT2D eigenvalue weighted by atomic mass is 10.1. The molecule has 0 aliphatic heterocycles. The van der Waals surface area contributed by atoms with E-state index in [0.717, 1.165) is 21.3 Å². The first-order chi connectivity index (χ1) is 8.00. The predicted molar refractivity (Wildman–Crippen MR) is 72.9 cm³/mol. The van der Waals surface area contributed by atoms with Crippen molar-refractivity contribution in [2.24, 2.45) is 0 Å². The van der Waals surface area contributed by atoms with Gasteiger partial charge in [0.05, 0.1) is 4.47 Å². The molecule has 0 unspecified atom stereocenters. The minimum atomic E-state index is -0.250. The Hall–Kier alpha value is -0.940.